The van der Waals surface area contributed by atoms with Crippen molar-refractivity contribution >= 4 is 17.6 Å². The van der Waals surface area contributed by atoms with E-state index in [0.717, 1.165) is 10.6 Å². The molecule has 3 nitrogen and oxygen atoms in total. The molecule has 0 saturated heterocycles. The highest BCUT2D eigenvalue weighted by atomic mass is 35.5. The molecule has 1 aliphatic rings. The van der Waals surface area contributed by atoms with Gasteiger partial charge in [0, 0.05) is 11.6 Å². The van der Waals surface area contributed by atoms with Gasteiger partial charge in [-0.2, -0.15) is 0 Å². The number of aliphatic imine (C=N–C) groups is 1. The lowest BCUT2D eigenvalue weighted by Gasteiger charge is -2.36. The Bertz CT molecular complexity index is 469. The summed E-state index contributed by atoms with van der Waals surface area (Å²) >= 11 is 6.04. The van der Waals surface area contributed by atoms with Crippen molar-refractivity contribution in [3.63, 3.8) is 0 Å². The van der Waals surface area contributed by atoms with Gasteiger partial charge >= 0.3 is 0 Å². The Morgan fingerprint density at radius 2 is 2.41 bits per heavy atom. The van der Waals surface area contributed by atoms with E-state index in [2.05, 4.69) is 24.6 Å². The third-order valence-corrected chi connectivity index (χ3v) is 3.41. The summed E-state index contributed by atoms with van der Waals surface area (Å²) in [6.07, 6.45) is 1.83. The van der Waals surface area contributed by atoms with Crippen LogP contribution in [-0.2, 0) is 5.54 Å². The molecule has 0 aromatic heterocycles. The quantitative estimate of drug-likeness (QED) is 0.836. The molecule has 2 rings (SSSR count). The molecule has 0 aliphatic carbocycles. The molecule has 0 saturated carbocycles. The minimum atomic E-state index is -0.233. The molecule has 90 valence electrons. The minimum absolute atomic E-state index is 0.233. The average Bonchev–Trinajstić information content (AvgIpc) is 2.59. The largest absolute Gasteiger partial charge is 0.370 e. The molecule has 0 radical (unpaired) electrons. The SMILES string of the molecule is C=CCN1C(N)=NCC1(C)c1cccc(Cl)c1. The second-order valence-electron chi connectivity index (χ2n) is 4.36. The highest BCUT2D eigenvalue weighted by Crippen LogP contribution is 2.33. The summed E-state index contributed by atoms with van der Waals surface area (Å²) in [5, 5.41) is 0.729. The number of guanidine groups is 1. The van der Waals surface area contributed by atoms with Crippen LogP contribution in [0, 0.1) is 0 Å². The molecule has 0 spiro atoms. The van der Waals surface area contributed by atoms with Crippen LogP contribution in [0.5, 0.6) is 0 Å². The standard InChI is InChI=1S/C13H16ClN3/c1-3-7-17-12(15)16-9-13(17,2)10-5-4-6-11(14)8-10/h3-6,8H,1,7,9H2,2H3,(H2,15,16). The number of nitrogens with two attached hydrogens (primary N) is 1. The van der Waals surface area contributed by atoms with Crippen LogP contribution in [0.1, 0.15) is 12.5 Å². The number of hydrogen-bond donors (Lipinski definition) is 1. The van der Waals surface area contributed by atoms with Gasteiger partial charge in [-0.15, -0.1) is 6.58 Å². The van der Waals surface area contributed by atoms with E-state index < -0.39 is 0 Å². The lowest BCUT2D eigenvalue weighted by molar-refractivity contribution is 0.245. The Hall–Kier alpha value is -1.48. The van der Waals surface area contributed by atoms with Gasteiger partial charge in [0.25, 0.3) is 0 Å². The van der Waals surface area contributed by atoms with Crippen molar-refractivity contribution in [2.75, 3.05) is 13.1 Å². The number of benzene rings is 1. The predicted octanol–water partition coefficient (Wildman–Crippen LogP) is 2.37. The van der Waals surface area contributed by atoms with E-state index in [0.29, 0.717) is 19.0 Å². The third kappa shape index (κ3) is 2.03. The zero-order valence-corrected chi connectivity index (χ0v) is 10.6. The Morgan fingerprint density at radius 3 is 3.06 bits per heavy atom. The highest BCUT2D eigenvalue weighted by Gasteiger charge is 2.38. The second-order valence-corrected chi connectivity index (χ2v) is 4.79. The van der Waals surface area contributed by atoms with Crippen LogP contribution in [0.25, 0.3) is 0 Å². The van der Waals surface area contributed by atoms with Gasteiger partial charge < -0.3 is 10.6 Å². The molecule has 1 atom stereocenters. The van der Waals surface area contributed by atoms with E-state index >= 15 is 0 Å². The minimum Gasteiger partial charge on any atom is -0.370 e. The van der Waals surface area contributed by atoms with Crippen molar-refractivity contribution in [3.05, 3.63) is 47.5 Å². The summed E-state index contributed by atoms with van der Waals surface area (Å²) < 4.78 is 0. The molecular formula is C13H16ClN3. The first-order chi connectivity index (χ1) is 8.08. The van der Waals surface area contributed by atoms with Gasteiger partial charge in [-0.05, 0) is 24.6 Å². The predicted molar refractivity (Wildman–Crippen MR) is 72.2 cm³/mol. The molecule has 0 bridgehead atoms. The van der Waals surface area contributed by atoms with Crippen LogP contribution in [0.4, 0.5) is 0 Å². The smallest absolute Gasteiger partial charge is 0.192 e. The van der Waals surface area contributed by atoms with Crippen LogP contribution < -0.4 is 5.73 Å². The topological polar surface area (TPSA) is 41.6 Å². The lowest BCUT2D eigenvalue weighted by atomic mass is 9.91. The maximum absolute atomic E-state index is 6.04. The second kappa shape index (κ2) is 4.41. The fourth-order valence-corrected chi connectivity index (χ4v) is 2.34. The average molecular weight is 250 g/mol. The van der Waals surface area contributed by atoms with Gasteiger partial charge in [-0.25, -0.2) is 0 Å². The molecule has 0 fully saturated rings. The number of halogens is 1. The molecule has 2 N–H and O–H groups in total. The monoisotopic (exact) mass is 249 g/mol. The third-order valence-electron chi connectivity index (χ3n) is 3.18. The van der Waals surface area contributed by atoms with Gasteiger partial charge in [0.05, 0.1) is 12.1 Å². The van der Waals surface area contributed by atoms with Crippen molar-refractivity contribution in [2.24, 2.45) is 10.7 Å². The zero-order chi connectivity index (χ0) is 12.5. The van der Waals surface area contributed by atoms with E-state index in [4.69, 9.17) is 17.3 Å². The van der Waals surface area contributed by atoms with Crippen molar-refractivity contribution in [3.8, 4) is 0 Å². The first-order valence-electron chi connectivity index (χ1n) is 5.52. The Morgan fingerprint density at radius 1 is 1.65 bits per heavy atom. The van der Waals surface area contributed by atoms with Crippen LogP contribution in [0.15, 0.2) is 41.9 Å². The van der Waals surface area contributed by atoms with E-state index in [1.165, 1.54) is 0 Å². The molecule has 4 heteroatoms. The summed E-state index contributed by atoms with van der Waals surface area (Å²) in [6, 6.07) is 7.83. The lowest BCUT2D eigenvalue weighted by Crippen LogP contribution is -2.47. The van der Waals surface area contributed by atoms with Crippen molar-refractivity contribution in [1.82, 2.24) is 4.90 Å². The fourth-order valence-electron chi connectivity index (χ4n) is 2.15. The van der Waals surface area contributed by atoms with Gasteiger partial charge in [-0.1, -0.05) is 29.8 Å². The zero-order valence-electron chi connectivity index (χ0n) is 9.86. The molecular weight excluding hydrogens is 234 g/mol. The summed E-state index contributed by atoms with van der Waals surface area (Å²) in [7, 11) is 0. The molecule has 1 aliphatic heterocycles. The van der Waals surface area contributed by atoms with Crippen LogP contribution in [0.3, 0.4) is 0 Å². The van der Waals surface area contributed by atoms with Crippen molar-refractivity contribution in [2.45, 2.75) is 12.5 Å². The molecule has 1 unspecified atom stereocenters. The maximum atomic E-state index is 6.04. The van der Waals surface area contributed by atoms with Gasteiger partial charge in [0.1, 0.15) is 0 Å². The van der Waals surface area contributed by atoms with E-state index in [9.17, 15) is 0 Å². The van der Waals surface area contributed by atoms with Crippen LogP contribution in [0.2, 0.25) is 5.02 Å². The number of hydrogen-bond acceptors (Lipinski definition) is 3. The first kappa shape index (κ1) is 12.0. The Kier molecular flexibility index (Phi) is 3.11. The molecule has 17 heavy (non-hydrogen) atoms. The fraction of sp³-hybridized carbons (Fsp3) is 0.308. The van der Waals surface area contributed by atoms with Gasteiger partial charge in [-0.3, -0.25) is 4.99 Å². The summed E-state index contributed by atoms with van der Waals surface area (Å²) in [4.78, 5) is 6.37. The summed E-state index contributed by atoms with van der Waals surface area (Å²) in [5.41, 5.74) is 6.80. The van der Waals surface area contributed by atoms with E-state index in [1.54, 1.807) is 0 Å². The first-order valence-corrected chi connectivity index (χ1v) is 5.90. The highest BCUT2D eigenvalue weighted by molar-refractivity contribution is 6.30. The van der Waals surface area contributed by atoms with Crippen molar-refractivity contribution < 1.29 is 0 Å². The summed E-state index contributed by atoms with van der Waals surface area (Å²) in [6.45, 7) is 7.20. The van der Waals surface area contributed by atoms with Crippen molar-refractivity contribution in [1.29, 1.82) is 0 Å². The Labute approximate surface area is 107 Å². The molecule has 0 amide bonds. The van der Waals surface area contributed by atoms with Gasteiger partial charge in [0.2, 0.25) is 0 Å². The van der Waals surface area contributed by atoms with E-state index in [1.807, 2.05) is 29.2 Å². The van der Waals surface area contributed by atoms with Gasteiger partial charge in [0.15, 0.2) is 5.96 Å². The number of rotatable bonds is 3. The molecule has 1 heterocycles. The number of nitrogens with zero attached hydrogens (tertiary/aromatic N) is 2. The van der Waals surface area contributed by atoms with E-state index in [-0.39, 0.29) is 5.54 Å². The summed E-state index contributed by atoms with van der Waals surface area (Å²) in [5.74, 6) is 0.562. The molecule has 1 aromatic rings. The molecule has 1 aromatic carbocycles. The normalized spacial score (nSPS) is 23.6. The Balaban J connectivity index is 2.39. The van der Waals surface area contributed by atoms with Crippen LogP contribution >= 0.6 is 11.6 Å². The maximum Gasteiger partial charge on any atom is 0.192 e. The van der Waals surface area contributed by atoms with Crippen LogP contribution in [-0.4, -0.2) is 23.9 Å².